The lowest BCUT2D eigenvalue weighted by Crippen LogP contribution is -1.97. The summed E-state index contributed by atoms with van der Waals surface area (Å²) in [4.78, 5) is 4.48. The predicted molar refractivity (Wildman–Crippen MR) is 71.7 cm³/mol. The maximum atomic E-state index is 13.1. The number of ether oxygens (including phenoxy) is 1. The van der Waals surface area contributed by atoms with E-state index < -0.39 is 0 Å². The van der Waals surface area contributed by atoms with Crippen molar-refractivity contribution in [3.63, 3.8) is 0 Å². The number of hydrogen-bond acceptors (Lipinski definition) is 3. The summed E-state index contributed by atoms with van der Waals surface area (Å²) in [6.07, 6.45) is 0. The zero-order valence-electron chi connectivity index (χ0n) is 10.7. The molecule has 0 fully saturated rings. The van der Waals surface area contributed by atoms with Crippen LogP contribution in [0.2, 0.25) is 0 Å². The average Bonchev–Trinajstić information content (AvgIpc) is 2.79. The molecule has 0 N–H and O–H groups in total. The molecule has 1 aromatic carbocycles. The minimum atomic E-state index is -0.210. The zero-order valence-corrected chi connectivity index (χ0v) is 11.6. The molecule has 1 aromatic heterocycles. The van der Waals surface area contributed by atoms with E-state index in [-0.39, 0.29) is 5.82 Å². The van der Waals surface area contributed by atoms with E-state index in [1.54, 1.807) is 30.4 Å². The molecule has 2 nitrogen and oxygen atoms in total. The van der Waals surface area contributed by atoms with Crippen molar-refractivity contribution in [3.8, 4) is 5.75 Å². The molecule has 0 aliphatic carbocycles. The highest BCUT2D eigenvalue weighted by molar-refractivity contribution is 7.09. The van der Waals surface area contributed by atoms with Crippen LogP contribution in [0, 0.1) is 12.7 Å². The van der Waals surface area contributed by atoms with Crippen LogP contribution in [0.15, 0.2) is 23.6 Å². The first-order valence-corrected chi connectivity index (χ1v) is 6.77. The quantitative estimate of drug-likeness (QED) is 0.822. The SMILES string of the molecule is Cc1cc(OCc2csc(C(C)C)n2)ccc1F. The van der Waals surface area contributed by atoms with Gasteiger partial charge in [-0.05, 0) is 30.7 Å². The molecule has 0 saturated carbocycles. The van der Waals surface area contributed by atoms with Crippen LogP contribution in [0.3, 0.4) is 0 Å². The summed E-state index contributed by atoms with van der Waals surface area (Å²) in [6.45, 7) is 6.38. The van der Waals surface area contributed by atoms with Gasteiger partial charge in [0, 0.05) is 11.3 Å². The second-order valence-corrected chi connectivity index (χ2v) is 5.42. The van der Waals surface area contributed by atoms with Gasteiger partial charge in [0.25, 0.3) is 0 Å². The van der Waals surface area contributed by atoms with Gasteiger partial charge in [-0.2, -0.15) is 0 Å². The summed E-state index contributed by atoms with van der Waals surface area (Å²) in [5.74, 6) is 0.905. The maximum Gasteiger partial charge on any atom is 0.131 e. The van der Waals surface area contributed by atoms with Gasteiger partial charge in [-0.15, -0.1) is 11.3 Å². The molecule has 1 heterocycles. The van der Waals surface area contributed by atoms with Crippen molar-refractivity contribution in [2.24, 2.45) is 0 Å². The Morgan fingerprint density at radius 2 is 2.17 bits per heavy atom. The van der Waals surface area contributed by atoms with E-state index in [0.717, 1.165) is 10.7 Å². The molecule has 0 aliphatic heterocycles. The third kappa shape index (κ3) is 3.07. The second-order valence-electron chi connectivity index (χ2n) is 4.53. The van der Waals surface area contributed by atoms with Gasteiger partial charge in [-0.3, -0.25) is 0 Å². The molecular formula is C14H16FNOS. The number of thiazole rings is 1. The Hall–Kier alpha value is -1.42. The van der Waals surface area contributed by atoms with E-state index in [1.807, 2.05) is 5.38 Å². The highest BCUT2D eigenvalue weighted by atomic mass is 32.1. The topological polar surface area (TPSA) is 22.1 Å². The van der Waals surface area contributed by atoms with Crippen molar-refractivity contribution in [1.82, 2.24) is 4.98 Å². The first kappa shape index (κ1) is 13.0. The van der Waals surface area contributed by atoms with Crippen molar-refractivity contribution in [1.29, 1.82) is 0 Å². The van der Waals surface area contributed by atoms with Gasteiger partial charge in [-0.25, -0.2) is 9.37 Å². The number of aryl methyl sites for hydroxylation is 1. The van der Waals surface area contributed by atoms with Crippen LogP contribution in [0.1, 0.15) is 36.0 Å². The smallest absolute Gasteiger partial charge is 0.131 e. The van der Waals surface area contributed by atoms with Crippen LogP contribution in [0.25, 0.3) is 0 Å². The summed E-state index contributed by atoms with van der Waals surface area (Å²) >= 11 is 1.65. The van der Waals surface area contributed by atoms with Crippen LogP contribution in [0.4, 0.5) is 4.39 Å². The van der Waals surface area contributed by atoms with Crippen LogP contribution < -0.4 is 4.74 Å². The first-order valence-electron chi connectivity index (χ1n) is 5.89. The van der Waals surface area contributed by atoms with Gasteiger partial charge in [0.1, 0.15) is 18.2 Å². The van der Waals surface area contributed by atoms with Gasteiger partial charge in [0.2, 0.25) is 0 Å². The third-order valence-corrected chi connectivity index (χ3v) is 3.77. The number of nitrogens with zero attached hydrogens (tertiary/aromatic N) is 1. The van der Waals surface area contributed by atoms with E-state index in [4.69, 9.17) is 4.74 Å². The van der Waals surface area contributed by atoms with E-state index in [0.29, 0.717) is 23.8 Å². The molecule has 96 valence electrons. The number of aromatic nitrogens is 1. The fraction of sp³-hybridized carbons (Fsp3) is 0.357. The Bertz CT molecular complexity index is 536. The van der Waals surface area contributed by atoms with Crippen molar-refractivity contribution < 1.29 is 9.13 Å². The van der Waals surface area contributed by atoms with Gasteiger partial charge in [0.15, 0.2) is 0 Å². The highest BCUT2D eigenvalue weighted by Crippen LogP contribution is 2.21. The maximum absolute atomic E-state index is 13.1. The summed E-state index contributed by atoms with van der Waals surface area (Å²) in [5.41, 5.74) is 1.51. The molecule has 0 bridgehead atoms. The fourth-order valence-electron chi connectivity index (χ4n) is 1.52. The van der Waals surface area contributed by atoms with Gasteiger partial charge >= 0.3 is 0 Å². The lowest BCUT2D eigenvalue weighted by molar-refractivity contribution is 0.301. The normalized spacial score (nSPS) is 10.9. The second kappa shape index (κ2) is 5.48. The van der Waals surface area contributed by atoms with Crippen molar-refractivity contribution >= 4 is 11.3 Å². The molecule has 0 saturated heterocycles. The highest BCUT2D eigenvalue weighted by Gasteiger charge is 2.06. The molecule has 4 heteroatoms. The molecule has 18 heavy (non-hydrogen) atoms. The van der Waals surface area contributed by atoms with Crippen molar-refractivity contribution in [2.45, 2.75) is 33.3 Å². The summed E-state index contributed by atoms with van der Waals surface area (Å²) in [5, 5.41) is 3.12. The number of rotatable bonds is 4. The molecular weight excluding hydrogens is 249 g/mol. The fourth-order valence-corrected chi connectivity index (χ4v) is 2.34. The molecule has 0 unspecified atom stereocenters. The van der Waals surface area contributed by atoms with Crippen LogP contribution in [-0.4, -0.2) is 4.98 Å². The monoisotopic (exact) mass is 265 g/mol. The standard InChI is InChI=1S/C14H16FNOS/c1-9(2)14-16-11(8-18-14)7-17-12-4-5-13(15)10(3)6-12/h4-6,8-9H,7H2,1-3H3. The Balaban J connectivity index is 2.00. The van der Waals surface area contributed by atoms with Crippen LogP contribution in [-0.2, 0) is 6.61 Å². The van der Waals surface area contributed by atoms with Crippen molar-refractivity contribution in [3.05, 3.63) is 45.7 Å². The van der Waals surface area contributed by atoms with E-state index in [9.17, 15) is 4.39 Å². The van der Waals surface area contributed by atoms with E-state index in [2.05, 4.69) is 18.8 Å². The predicted octanol–water partition coefficient (Wildman–Crippen LogP) is 4.29. The van der Waals surface area contributed by atoms with Gasteiger partial charge in [0.05, 0.1) is 10.7 Å². The van der Waals surface area contributed by atoms with Crippen LogP contribution >= 0.6 is 11.3 Å². The average molecular weight is 265 g/mol. The van der Waals surface area contributed by atoms with Gasteiger partial charge < -0.3 is 4.74 Å². The first-order chi connectivity index (χ1) is 8.56. The molecule has 2 aromatic rings. The zero-order chi connectivity index (χ0) is 13.1. The largest absolute Gasteiger partial charge is 0.487 e. The van der Waals surface area contributed by atoms with Gasteiger partial charge in [-0.1, -0.05) is 13.8 Å². The lowest BCUT2D eigenvalue weighted by atomic mass is 10.2. The molecule has 0 amide bonds. The Morgan fingerprint density at radius 1 is 1.39 bits per heavy atom. The number of halogens is 1. The van der Waals surface area contributed by atoms with Crippen LogP contribution in [0.5, 0.6) is 5.75 Å². The Labute approximate surface area is 110 Å². The van der Waals surface area contributed by atoms with Crippen molar-refractivity contribution in [2.75, 3.05) is 0 Å². The summed E-state index contributed by atoms with van der Waals surface area (Å²) < 4.78 is 18.7. The Kier molecular flexibility index (Phi) is 3.97. The molecule has 0 spiro atoms. The lowest BCUT2D eigenvalue weighted by Gasteiger charge is -2.05. The molecule has 0 aliphatic rings. The molecule has 0 radical (unpaired) electrons. The molecule has 2 rings (SSSR count). The third-order valence-electron chi connectivity index (χ3n) is 2.58. The summed E-state index contributed by atoms with van der Waals surface area (Å²) in [6, 6.07) is 4.76. The molecule has 0 atom stereocenters. The number of hydrogen-bond donors (Lipinski definition) is 0. The Morgan fingerprint density at radius 3 is 2.78 bits per heavy atom. The van der Waals surface area contributed by atoms with E-state index >= 15 is 0 Å². The van der Waals surface area contributed by atoms with E-state index in [1.165, 1.54) is 6.07 Å². The summed E-state index contributed by atoms with van der Waals surface area (Å²) in [7, 11) is 0. The minimum Gasteiger partial charge on any atom is -0.487 e. The number of benzene rings is 1. The minimum absolute atomic E-state index is 0.210.